The zero-order valence-corrected chi connectivity index (χ0v) is 10.3. The molecule has 1 radical (unpaired) electrons. The number of carbonyl (C=O) groups is 1. The summed E-state index contributed by atoms with van der Waals surface area (Å²) in [6.45, 7) is 1.60. The van der Waals surface area contributed by atoms with Crippen LogP contribution < -0.4 is 0 Å². The monoisotopic (exact) mass is 207 g/mol. The molecule has 0 atom stereocenters. The van der Waals surface area contributed by atoms with Gasteiger partial charge >= 0.3 is 5.97 Å². The Morgan fingerprint density at radius 1 is 1.83 bits per heavy atom. The Hall–Kier alpha value is 1.52. The van der Waals surface area contributed by atoms with E-state index in [9.17, 15) is 4.79 Å². The topological polar surface area (TPSA) is 37.3 Å². The standard InChI is InChI=1S/C3H6O2.Cs/c1-2-3(4)5;/h2H2,1H3,(H,4,5);. The summed E-state index contributed by atoms with van der Waals surface area (Å²) in [6.07, 6.45) is 0.222. The number of hydrogen-bond acceptors (Lipinski definition) is 1. The van der Waals surface area contributed by atoms with E-state index in [1.165, 1.54) is 0 Å². The minimum atomic E-state index is -0.745. The summed E-state index contributed by atoms with van der Waals surface area (Å²) in [6, 6.07) is 0. The molecule has 0 spiro atoms. The molecule has 0 aromatic heterocycles. The second-order valence-corrected chi connectivity index (χ2v) is 0.747. The van der Waals surface area contributed by atoms with E-state index in [4.69, 9.17) is 5.11 Å². The molecule has 31 valence electrons. The molecule has 0 fully saturated rings. The van der Waals surface area contributed by atoms with Crippen LogP contribution in [0.3, 0.4) is 0 Å². The molecule has 0 aromatic rings. The molecule has 0 rings (SSSR count). The first-order chi connectivity index (χ1) is 2.27. The van der Waals surface area contributed by atoms with Gasteiger partial charge in [0.05, 0.1) is 0 Å². The van der Waals surface area contributed by atoms with Gasteiger partial charge in [-0.2, -0.15) is 0 Å². The first-order valence-corrected chi connectivity index (χ1v) is 1.49. The smallest absolute Gasteiger partial charge is 0.303 e. The van der Waals surface area contributed by atoms with Crippen molar-refractivity contribution < 1.29 is 9.90 Å². The van der Waals surface area contributed by atoms with Crippen LogP contribution >= 0.6 is 0 Å². The maximum atomic E-state index is 9.37. The van der Waals surface area contributed by atoms with Crippen LogP contribution in [0.15, 0.2) is 0 Å². The van der Waals surface area contributed by atoms with Crippen LogP contribution in [-0.4, -0.2) is 80.0 Å². The third kappa shape index (κ3) is 9.10. The SMILES string of the molecule is CCC(=O)O.[Cs]. The Morgan fingerprint density at radius 2 is 2.00 bits per heavy atom. The van der Waals surface area contributed by atoms with Crippen LogP contribution in [0.4, 0.5) is 0 Å². The van der Waals surface area contributed by atoms with Crippen LogP contribution in [0.1, 0.15) is 13.3 Å². The summed E-state index contributed by atoms with van der Waals surface area (Å²) < 4.78 is 0. The summed E-state index contributed by atoms with van der Waals surface area (Å²) in [5.74, 6) is -0.745. The quantitative estimate of drug-likeness (QED) is 0.662. The fraction of sp³-hybridized carbons (Fsp3) is 0.667. The molecular formula is C3H6CsO2. The molecule has 1 N–H and O–H groups in total. The van der Waals surface area contributed by atoms with Crippen LogP contribution in [0.25, 0.3) is 0 Å². The van der Waals surface area contributed by atoms with E-state index >= 15 is 0 Å². The molecule has 0 saturated carbocycles. The van der Waals surface area contributed by atoms with Crippen molar-refractivity contribution in [2.45, 2.75) is 13.3 Å². The Kier molecular flexibility index (Phi) is 11.4. The van der Waals surface area contributed by atoms with E-state index < -0.39 is 5.97 Å². The molecule has 0 aliphatic heterocycles. The van der Waals surface area contributed by atoms with Gasteiger partial charge in [-0.25, -0.2) is 0 Å². The van der Waals surface area contributed by atoms with Gasteiger partial charge in [-0.05, 0) is 0 Å². The van der Waals surface area contributed by atoms with Crippen LogP contribution in [0, 0.1) is 0 Å². The second-order valence-electron chi connectivity index (χ2n) is 0.747. The number of carboxylic acids is 1. The molecule has 0 heterocycles. The average molecular weight is 207 g/mol. The molecule has 0 unspecified atom stereocenters. The van der Waals surface area contributed by atoms with E-state index in [1.807, 2.05) is 0 Å². The van der Waals surface area contributed by atoms with Gasteiger partial charge < -0.3 is 5.11 Å². The molecule has 0 aromatic carbocycles. The van der Waals surface area contributed by atoms with Crippen molar-refractivity contribution in [3.63, 3.8) is 0 Å². The summed E-state index contributed by atoms with van der Waals surface area (Å²) >= 11 is 0. The van der Waals surface area contributed by atoms with Crippen LogP contribution in [0.5, 0.6) is 0 Å². The van der Waals surface area contributed by atoms with Crippen molar-refractivity contribution in [3.8, 4) is 0 Å². The van der Waals surface area contributed by atoms with Gasteiger partial charge in [-0.1, -0.05) is 6.92 Å². The molecule has 0 aliphatic rings. The van der Waals surface area contributed by atoms with E-state index in [1.54, 1.807) is 6.92 Å². The van der Waals surface area contributed by atoms with Crippen LogP contribution in [0.2, 0.25) is 0 Å². The van der Waals surface area contributed by atoms with Gasteiger partial charge in [0.2, 0.25) is 0 Å². The van der Waals surface area contributed by atoms with Gasteiger partial charge in [-0.3, -0.25) is 4.79 Å². The second kappa shape index (κ2) is 6.52. The number of hydrogen-bond donors (Lipinski definition) is 1. The van der Waals surface area contributed by atoms with Crippen molar-refractivity contribution in [3.05, 3.63) is 0 Å². The molecule has 0 amide bonds. The van der Waals surface area contributed by atoms with Gasteiger partial charge in [0.25, 0.3) is 0 Å². The molecule has 0 bridgehead atoms. The summed E-state index contributed by atoms with van der Waals surface area (Å²) in [5, 5.41) is 7.72. The third-order valence-electron chi connectivity index (χ3n) is 0.302. The van der Waals surface area contributed by atoms with Gasteiger partial charge in [0, 0.05) is 75.3 Å². The first kappa shape index (κ1) is 10.5. The Morgan fingerprint density at radius 3 is 2.00 bits per heavy atom. The van der Waals surface area contributed by atoms with Crippen molar-refractivity contribution in [1.82, 2.24) is 0 Å². The molecule has 3 heteroatoms. The fourth-order valence-electron chi connectivity index (χ4n) is 0. The van der Waals surface area contributed by atoms with Crippen molar-refractivity contribution in [1.29, 1.82) is 0 Å². The maximum absolute atomic E-state index is 9.37. The number of rotatable bonds is 1. The summed E-state index contributed by atoms with van der Waals surface area (Å²) in [7, 11) is 0. The van der Waals surface area contributed by atoms with E-state index in [-0.39, 0.29) is 75.3 Å². The first-order valence-electron chi connectivity index (χ1n) is 1.49. The van der Waals surface area contributed by atoms with E-state index in [2.05, 4.69) is 0 Å². The maximum Gasteiger partial charge on any atom is 0.303 e. The predicted molar refractivity (Wildman–Crippen MR) is 23.7 cm³/mol. The fourth-order valence-corrected chi connectivity index (χ4v) is 0. The van der Waals surface area contributed by atoms with Gasteiger partial charge in [0.1, 0.15) is 0 Å². The Bertz CT molecular complexity index is 44.1. The van der Waals surface area contributed by atoms with Crippen LogP contribution in [-0.2, 0) is 4.79 Å². The van der Waals surface area contributed by atoms with Gasteiger partial charge in [0.15, 0.2) is 0 Å². The molecule has 6 heavy (non-hydrogen) atoms. The summed E-state index contributed by atoms with van der Waals surface area (Å²) in [4.78, 5) is 9.37. The van der Waals surface area contributed by atoms with E-state index in [0.29, 0.717) is 0 Å². The molecule has 0 saturated heterocycles. The zero-order valence-electron chi connectivity index (χ0n) is 4.06. The van der Waals surface area contributed by atoms with Gasteiger partial charge in [-0.15, -0.1) is 0 Å². The number of carboxylic acid groups (broad SMARTS) is 1. The Labute approximate surface area is 95.7 Å². The number of aliphatic carboxylic acids is 1. The third-order valence-corrected chi connectivity index (χ3v) is 0.302. The normalized spacial score (nSPS) is 6.17. The van der Waals surface area contributed by atoms with Crippen molar-refractivity contribution in [2.75, 3.05) is 0 Å². The minimum absolute atomic E-state index is 0. The van der Waals surface area contributed by atoms with Crippen molar-refractivity contribution >= 4 is 74.9 Å². The minimum Gasteiger partial charge on any atom is -0.481 e. The summed E-state index contributed by atoms with van der Waals surface area (Å²) in [5.41, 5.74) is 0. The molecule has 0 aliphatic carbocycles. The zero-order chi connectivity index (χ0) is 4.28. The molecule has 2 nitrogen and oxygen atoms in total. The molecular weight excluding hydrogens is 201 g/mol. The van der Waals surface area contributed by atoms with E-state index in [0.717, 1.165) is 0 Å². The van der Waals surface area contributed by atoms with Crippen molar-refractivity contribution in [2.24, 2.45) is 0 Å². The Balaban J connectivity index is 0. The largest absolute Gasteiger partial charge is 0.481 e. The average Bonchev–Trinajstić information content (AvgIpc) is 1.38. The predicted octanol–water partition coefficient (Wildman–Crippen LogP) is 0.100.